The Morgan fingerprint density at radius 3 is 2.72 bits per heavy atom. The molecule has 2 aromatic rings. The molecule has 0 aliphatic carbocycles. The third-order valence-electron chi connectivity index (χ3n) is 5.31. The SMILES string of the molecule is C[C@H](NC(=O)[C@H]1N2C(=O)c3ccccc3[C@H]2SC1(C)C)C(=O)NCc1ccco1. The van der Waals surface area contributed by atoms with Crippen LogP contribution in [0, 0.1) is 0 Å². The number of carbonyl (C=O) groups is 3. The molecule has 2 N–H and O–H groups in total. The van der Waals surface area contributed by atoms with Gasteiger partial charge in [-0.3, -0.25) is 14.4 Å². The number of nitrogens with one attached hydrogen (secondary N) is 2. The molecule has 8 heteroatoms. The number of amides is 3. The number of nitrogens with zero attached hydrogens (tertiary/aromatic N) is 1. The Labute approximate surface area is 173 Å². The van der Waals surface area contributed by atoms with E-state index < -0.39 is 16.8 Å². The Morgan fingerprint density at radius 1 is 1.24 bits per heavy atom. The molecule has 2 aliphatic heterocycles. The molecule has 29 heavy (non-hydrogen) atoms. The van der Waals surface area contributed by atoms with Gasteiger partial charge in [0.25, 0.3) is 5.91 Å². The summed E-state index contributed by atoms with van der Waals surface area (Å²) in [6, 6.07) is 9.56. The summed E-state index contributed by atoms with van der Waals surface area (Å²) >= 11 is 1.60. The number of fused-ring (bicyclic) bond motifs is 3. The zero-order valence-electron chi connectivity index (χ0n) is 16.5. The lowest BCUT2D eigenvalue weighted by molar-refractivity contribution is -0.131. The van der Waals surface area contributed by atoms with E-state index in [1.54, 1.807) is 41.8 Å². The third-order valence-corrected chi connectivity index (χ3v) is 6.85. The minimum absolute atomic E-state index is 0.140. The van der Waals surface area contributed by atoms with Crippen LogP contribution in [0.25, 0.3) is 0 Å². The van der Waals surface area contributed by atoms with Crippen molar-refractivity contribution in [2.75, 3.05) is 0 Å². The highest BCUT2D eigenvalue weighted by Gasteiger charge is 2.57. The number of thioether (sulfide) groups is 1. The number of rotatable bonds is 5. The van der Waals surface area contributed by atoms with Crippen molar-refractivity contribution in [2.24, 2.45) is 0 Å². The minimum atomic E-state index is -0.739. The van der Waals surface area contributed by atoms with Crippen LogP contribution in [0.1, 0.15) is 47.8 Å². The average Bonchev–Trinajstić information content (AvgIpc) is 3.36. The van der Waals surface area contributed by atoms with Crippen molar-refractivity contribution < 1.29 is 18.8 Å². The van der Waals surface area contributed by atoms with Crippen LogP contribution in [-0.4, -0.2) is 39.5 Å². The van der Waals surface area contributed by atoms with E-state index in [0.717, 1.165) is 5.56 Å². The van der Waals surface area contributed by atoms with E-state index in [1.807, 2.05) is 32.0 Å². The fourth-order valence-electron chi connectivity index (χ4n) is 3.90. The van der Waals surface area contributed by atoms with Gasteiger partial charge >= 0.3 is 0 Å². The summed E-state index contributed by atoms with van der Waals surface area (Å²) in [6.07, 6.45) is 1.54. The smallest absolute Gasteiger partial charge is 0.256 e. The van der Waals surface area contributed by atoms with Gasteiger partial charge in [-0.15, -0.1) is 11.8 Å². The first-order chi connectivity index (χ1) is 13.8. The summed E-state index contributed by atoms with van der Waals surface area (Å²) in [5, 5.41) is 5.33. The van der Waals surface area contributed by atoms with Gasteiger partial charge in [-0.1, -0.05) is 18.2 Å². The first kappa shape index (κ1) is 19.6. The van der Waals surface area contributed by atoms with Crippen LogP contribution in [-0.2, 0) is 16.1 Å². The van der Waals surface area contributed by atoms with E-state index in [2.05, 4.69) is 10.6 Å². The molecule has 0 unspecified atom stereocenters. The van der Waals surface area contributed by atoms with Crippen molar-refractivity contribution in [2.45, 2.75) is 49.5 Å². The average molecular weight is 413 g/mol. The molecule has 7 nitrogen and oxygen atoms in total. The van der Waals surface area contributed by atoms with Crippen LogP contribution < -0.4 is 10.6 Å². The normalized spacial score (nSPS) is 22.7. The second kappa shape index (κ2) is 7.26. The molecule has 152 valence electrons. The van der Waals surface area contributed by atoms with Gasteiger partial charge in [0, 0.05) is 10.3 Å². The van der Waals surface area contributed by atoms with Crippen LogP contribution in [0.15, 0.2) is 47.1 Å². The van der Waals surface area contributed by atoms with Gasteiger partial charge in [-0.2, -0.15) is 0 Å². The maximum absolute atomic E-state index is 13.1. The minimum Gasteiger partial charge on any atom is -0.467 e. The van der Waals surface area contributed by atoms with Crippen molar-refractivity contribution in [3.8, 4) is 0 Å². The van der Waals surface area contributed by atoms with Crippen LogP contribution in [0.5, 0.6) is 0 Å². The van der Waals surface area contributed by atoms with E-state index in [1.165, 1.54) is 6.26 Å². The number of benzene rings is 1. The molecule has 3 heterocycles. The molecule has 2 aliphatic rings. The first-order valence-electron chi connectivity index (χ1n) is 9.49. The number of hydrogen-bond donors (Lipinski definition) is 2. The van der Waals surface area contributed by atoms with Gasteiger partial charge in [0.15, 0.2) is 0 Å². The van der Waals surface area contributed by atoms with Crippen LogP contribution >= 0.6 is 11.8 Å². The van der Waals surface area contributed by atoms with E-state index in [9.17, 15) is 14.4 Å². The van der Waals surface area contributed by atoms with E-state index in [0.29, 0.717) is 11.3 Å². The molecule has 3 amide bonds. The maximum atomic E-state index is 13.1. The molecule has 1 aromatic heterocycles. The number of carbonyl (C=O) groups excluding carboxylic acids is 3. The molecule has 0 bridgehead atoms. The van der Waals surface area contributed by atoms with Gasteiger partial charge in [0.1, 0.15) is 23.2 Å². The summed E-state index contributed by atoms with van der Waals surface area (Å²) in [5.41, 5.74) is 1.58. The fraction of sp³-hybridized carbons (Fsp3) is 0.381. The summed E-state index contributed by atoms with van der Waals surface area (Å²) in [6.45, 7) is 5.79. The molecule has 1 aromatic carbocycles. The van der Waals surface area contributed by atoms with Crippen molar-refractivity contribution in [1.82, 2.24) is 15.5 Å². The van der Waals surface area contributed by atoms with Crippen molar-refractivity contribution >= 4 is 29.5 Å². The zero-order chi connectivity index (χ0) is 20.8. The van der Waals surface area contributed by atoms with E-state index in [-0.39, 0.29) is 29.6 Å². The number of hydrogen-bond acceptors (Lipinski definition) is 5. The zero-order valence-corrected chi connectivity index (χ0v) is 17.3. The predicted octanol–water partition coefficient (Wildman–Crippen LogP) is 2.45. The Morgan fingerprint density at radius 2 is 2.00 bits per heavy atom. The maximum Gasteiger partial charge on any atom is 0.256 e. The van der Waals surface area contributed by atoms with Gasteiger partial charge in [0.05, 0.1) is 12.8 Å². The topological polar surface area (TPSA) is 91.7 Å². The summed E-state index contributed by atoms with van der Waals surface area (Å²) in [4.78, 5) is 40.1. The van der Waals surface area contributed by atoms with Gasteiger partial charge in [0.2, 0.25) is 11.8 Å². The highest BCUT2D eigenvalue weighted by Crippen LogP contribution is 2.56. The molecule has 0 saturated carbocycles. The van der Waals surface area contributed by atoms with Gasteiger partial charge in [-0.05, 0) is 44.5 Å². The highest BCUT2D eigenvalue weighted by atomic mass is 32.2. The van der Waals surface area contributed by atoms with Crippen molar-refractivity contribution in [1.29, 1.82) is 0 Å². The van der Waals surface area contributed by atoms with E-state index in [4.69, 9.17) is 4.42 Å². The van der Waals surface area contributed by atoms with Gasteiger partial charge in [-0.25, -0.2) is 0 Å². The molecule has 1 saturated heterocycles. The molecule has 4 rings (SSSR count). The third kappa shape index (κ3) is 3.42. The van der Waals surface area contributed by atoms with Crippen LogP contribution in [0.4, 0.5) is 0 Å². The largest absolute Gasteiger partial charge is 0.467 e. The molecular formula is C21H23N3O4S. The van der Waals surface area contributed by atoms with Crippen molar-refractivity contribution in [3.63, 3.8) is 0 Å². The standard InChI is InChI=1S/C21H23N3O4S/c1-12(17(25)22-11-13-7-6-10-28-13)23-18(26)16-21(2,3)29-20-15-9-5-4-8-14(15)19(27)24(16)20/h4-10,12,16,20H,11H2,1-3H3,(H,22,25)(H,23,26)/t12-,16+,20+/m0/s1. The lowest BCUT2D eigenvalue weighted by atomic mass is 10.0. The monoisotopic (exact) mass is 413 g/mol. The quantitative estimate of drug-likeness (QED) is 0.786. The second-order valence-electron chi connectivity index (χ2n) is 7.80. The van der Waals surface area contributed by atoms with Crippen LogP contribution in [0.3, 0.4) is 0 Å². The Kier molecular flexibility index (Phi) is 4.90. The Hall–Kier alpha value is -2.74. The Balaban J connectivity index is 1.46. The second-order valence-corrected chi connectivity index (χ2v) is 9.54. The summed E-state index contributed by atoms with van der Waals surface area (Å²) in [7, 11) is 0. The molecular weight excluding hydrogens is 390 g/mol. The Bertz CT molecular complexity index is 957. The van der Waals surface area contributed by atoms with Gasteiger partial charge < -0.3 is 20.0 Å². The summed E-state index contributed by atoms with van der Waals surface area (Å²) in [5.74, 6) is -0.148. The van der Waals surface area contributed by atoms with E-state index >= 15 is 0 Å². The lowest BCUT2D eigenvalue weighted by Gasteiger charge is -2.30. The molecule has 0 radical (unpaired) electrons. The first-order valence-corrected chi connectivity index (χ1v) is 10.4. The summed E-state index contributed by atoms with van der Waals surface area (Å²) < 4.78 is 4.71. The predicted molar refractivity (Wildman–Crippen MR) is 109 cm³/mol. The fourth-order valence-corrected chi connectivity index (χ4v) is 5.49. The molecule has 3 atom stereocenters. The molecule has 1 fully saturated rings. The number of furan rings is 1. The highest BCUT2D eigenvalue weighted by molar-refractivity contribution is 8.01. The lowest BCUT2D eigenvalue weighted by Crippen LogP contribution is -2.56. The van der Waals surface area contributed by atoms with Crippen LogP contribution in [0.2, 0.25) is 0 Å². The molecule has 0 spiro atoms. The van der Waals surface area contributed by atoms with Crippen molar-refractivity contribution in [3.05, 3.63) is 59.5 Å².